The molecule has 1 aliphatic carbocycles. The minimum atomic E-state index is -0.514. The number of nitrogens with zero attached hydrogens (tertiary/aromatic N) is 3. The Morgan fingerprint density at radius 3 is 2.77 bits per heavy atom. The summed E-state index contributed by atoms with van der Waals surface area (Å²) in [5.41, 5.74) is 0.945. The molecule has 3 aliphatic rings. The number of nitrogens with one attached hydrogen (secondary N) is 1. The third-order valence-corrected chi connectivity index (χ3v) is 7.95. The second-order valence-corrected chi connectivity index (χ2v) is 9.79. The van der Waals surface area contributed by atoms with E-state index in [1.807, 2.05) is 36.1 Å². The first-order chi connectivity index (χ1) is 15.1. The van der Waals surface area contributed by atoms with Crippen molar-refractivity contribution in [1.82, 2.24) is 15.1 Å². The molecule has 2 amide bonds. The Bertz CT molecular complexity index is 979. The third-order valence-electron chi connectivity index (χ3n) is 6.96. The maximum atomic E-state index is 13.7. The summed E-state index contributed by atoms with van der Waals surface area (Å²) >= 11 is 1.41. The summed E-state index contributed by atoms with van der Waals surface area (Å²) in [4.78, 5) is 29.4. The fraction of sp³-hybridized carbons (Fsp3) is 0.565. The number of carbonyl (C=O) groups is 2. The minimum absolute atomic E-state index is 0.0289. The van der Waals surface area contributed by atoms with Gasteiger partial charge in [0.05, 0.1) is 17.6 Å². The van der Waals surface area contributed by atoms with E-state index in [0.717, 1.165) is 62.1 Å². The van der Waals surface area contributed by atoms with Crippen molar-refractivity contribution in [3.8, 4) is 0 Å². The van der Waals surface area contributed by atoms with Crippen molar-refractivity contribution in [2.24, 2.45) is 0 Å². The average Bonchev–Trinajstić information content (AvgIpc) is 3.54. The molecular weight excluding hydrogens is 412 g/mol. The number of hydrogen-bond donors (Lipinski definition) is 1. The van der Waals surface area contributed by atoms with Crippen molar-refractivity contribution in [1.29, 1.82) is 0 Å². The number of aromatic nitrogens is 2. The highest BCUT2D eigenvalue weighted by Gasteiger charge is 2.56. The number of rotatable bonds is 5. The Kier molecular flexibility index (Phi) is 5.52. The van der Waals surface area contributed by atoms with Crippen LogP contribution in [0.2, 0.25) is 0 Å². The number of anilines is 1. The number of hydrogen-bond acceptors (Lipinski definition) is 6. The SMILES string of the molecule is CCc1nnc(NC(=O)[C@H]2c3ccccc3C(=O)N(C[C@@H]3CCCO3)C23CCCC3)s1. The smallest absolute Gasteiger partial charge is 0.254 e. The van der Waals surface area contributed by atoms with E-state index in [1.54, 1.807) is 0 Å². The maximum Gasteiger partial charge on any atom is 0.254 e. The lowest BCUT2D eigenvalue weighted by Gasteiger charge is -2.50. The molecule has 164 valence electrons. The lowest BCUT2D eigenvalue weighted by atomic mass is 9.71. The largest absolute Gasteiger partial charge is 0.376 e. The number of aryl methyl sites for hydroxylation is 1. The molecule has 7 nitrogen and oxygen atoms in total. The predicted molar refractivity (Wildman–Crippen MR) is 118 cm³/mol. The Balaban J connectivity index is 1.55. The molecule has 1 saturated heterocycles. The van der Waals surface area contributed by atoms with Gasteiger partial charge in [0, 0.05) is 18.7 Å². The van der Waals surface area contributed by atoms with Gasteiger partial charge in [0.1, 0.15) is 5.01 Å². The molecule has 8 heteroatoms. The summed E-state index contributed by atoms with van der Waals surface area (Å²) in [6.07, 6.45) is 6.50. The molecule has 1 N–H and O–H groups in total. The monoisotopic (exact) mass is 440 g/mol. The molecule has 3 heterocycles. The first kappa shape index (κ1) is 20.6. The molecular formula is C23H28N4O3S. The minimum Gasteiger partial charge on any atom is -0.376 e. The van der Waals surface area contributed by atoms with E-state index in [2.05, 4.69) is 15.5 Å². The number of ether oxygens (including phenoxy) is 1. The summed E-state index contributed by atoms with van der Waals surface area (Å²) in [5.74, 6) is -0.501. The van der Waals surface area contributed by atoms with Gasteiger partial charge >= 0.3 is 0 Å². The number of benzene rings is 1. The van der Waals surface area contributed by atoms with Crippen LogP contribution in [-0.4, -0.2) is 51.7 Å². The fourth-order valence-corrected chi connectivity index (χ4v) is 6.23. The van der Waals surface area contributed by atoms with Gasteiger partial charge in [0.25, 0.3) is 5.91 Å². The topological polar surface area (TPSA) is 84.4 Å². The summed E-state index contributed by atoms with van der Waals surface area (Å²) in [6, 6.07) is 7.59. The van der Waals surface area contributed by atoms with E-state index < -0.39 is 11.5 Å². The van der Waals surface area contributed by atoms with Gasteiger partial charge in [-0.2, -0.15) is 0 Å². The van der Waals surface area contributed by atoms with E-state index in [4.69, 9.17) is 4.74 Å². The summed E-state index contributed by atoms with van der Waals surface area (Å²) < 4.78 is 5.89. The summed E-state index contributed by atoms with van der Waals surface area (Å²) in [7, 11) is 0. The van der Waals surface area contributed by atoms with E-state index in [0.29, 0.717) is 17.2 Å². The zero-order valence-corrected chi connectivity index (χ0v) is 18.6. The molecule has 2 aromatic rings. The second kappa shape index (κ2) is 8.31. The van der Waals surface area contributed by atoms with Gasteiger partial charge in [-0.1, -0.05) is 49.3 Å². The van der Waals surface area contributed by atoms with Crippen LogP contribution in [0.5, 0.6) is 0 Å². The Morgan fingerprint density at radius 1 is 1.26 bits per heavy atom. The summed E-state index contributed by atoms with van der Waals surface area (Å²) in [6.45, 7) is 3.32. The highest BCUT2D eigenvalue weighted by atomic mass is 32.1. The first-order valence-electron chi connectivity index (χ1n) is 11.3. The molecule has 2 aliphatic heterocycles. The van der Waals surface area contributed by atoms with E-state index in [-0.39, 0.29) is 17.9 Å². The number of amides is 2. The third kappa shape index (κ3) is 3.55. The molecule has 5 rings (SSSR count). The van der Waals surface area contributed by atoms with Crippen LogP contribution < -0.4 is 5.32 Å². The van der Waals surface area contributed by atoms with Gasteiger partial charge in [-0.25, -0.2) is 0 Å². The van der Waals surface area contributed by atoms with Crippen LogP contribution in [0, 0.1) is 0 Å². The van der Waals surface area contributed by atoms with Crippen molar-refractivity contribution in [2.75, 3.05) is 18.5 Å². The van der Waals surface area contributed by atoms with Crippen molar-refractivity contribution < 1.29 is 14.3 Å². The quantitative estimate of drug-likeness (QED) is 0.765. The average molecular weight is 441 g/mol. The highest BCUT2D eigenvalue weighted by molar-refractivity contribution is 7.15. The van der Waals surface area contributed by atoms with Crippen LogP contribution in [0.4, 0.5) is 5.13 Å². The molecule has 0 radical (unpaired) electrons. The van der Waals surface area contributed by atoms with Crippen LogP contribution >= 0.6 is 11.3 Å². The normalized spacial score (nSPS) is 24.5. The second-order valence-electron chi connectivity index (χ2n) is 8.73. The Morgan fingerprint density at radius 2 is 2.06 bits per heavy atom. The van der Waals surface area contributed by atoms with Crippen molar-refractivity contribution in [2.45, 2.75) is 69.4 Å². The first-order valence-corrected chi connectivity index (χ1v) is 12.1. The van der Waals surface area contributed by atoms with E-state index >= 15 is 0 Å². The predicted octanol–water partition coefficient (Wildman–Crippen LogP) is 3.77. The number of carbonyl (C=O) groups excluding carboxylic acids is 2. The zero-order valence-electron chi connectivity index (χ0n) is 17.8. The highest BCUT2D eigenvalue weighted by Crippen LogP contribution is 2.51. The Labute approximate surface area is 186 Å². The van der Waals surface area contributed by atoms with Gasteiger partial charge in [-0.3, -0.25) is 14.9 Å². The molecule has 0 unspecified atom stereocenters. The zero-order chi connectivity index (χ0) is 21.4. The maximum absolute atomic E-state index is 13.7. The number of fused-ring (bicyclic) bond motifs is 1. The molecule has 2 fully saturated rings. The molecule has 1 saturated carbocycles. The standard InChI is InChI=1S/C23H28N4O3S/c1-2-18-25-26-22(31-18)24-20(28)19-16-9-3-4-10-17(16)21(29)27(14-15-8-7-13-30-15)23(19)11-5-6-12-23/h3-4,9-10,15,19H,2,5-8,11-14H2,1H3,(H,24,26,28)/t15-,19+/m0/s1. The lowest BCUT2D eigenvalue weighted by Crippen LogP contribution is -2.61. The molecule has 31 heavy (non-hydrogen) atoms. The van der Waals surface area contributed by atoms with Crippen molar-refractivity contribution in [3.05, 3.63) is 40.4 Å². The summed E-state index contributed by atoms with van der Waals surface area (Å²) in [5, 5.41) is 12.7. The van der Waals surface area contributed by atoms with Crippen LogP contribution in [0.15, 0.2) is 24.3 Å². The van der Waals surface area contributed by atoms with Crippen LogP contribution in [0.1, 0.15) is 72.3 Å². The van der Waals surface area contributed by atoms with Crippen LogP contribution in [0.25, 0.3) is 0 Å². The molecule has 1 aromatic carbocycles. The molecule has 1 spiro atoms. The van der Waals surface area contributed by atoms with Gasteiger partial charge in [0.2, 0.25) is 11.0 Å². The van der Waals surface area contributed by atoms with E-state index in [9.17, 15) is 9.59 Å². The Hall–Kier alpha value is -2.32. The van der Waals surface area contributed by atoms with Crippen molar-refractivity contribution >= 4 is 28.3 Å². The van der Waals surface area contributed by atoms with E-state index in [1.165, 1.54) is 11.3 Å². The lowest BCUT2D eigenvalue weighted by molar-refractivity contribution is -0.121. The molecule has 1 aromatic heterocycles. The van der Waals surface area contributed by atoms with Gasteiger partial charge < -0.3 is 9.64 Å². The van der Waals surface area contributed by atoms with Gasteiger partial charge in [-0.05, 0) is 43.7 Å². The van der Waals surface area contributed by atoms with Crippen LogP contribution in [0.3, 0.4) is 0 Å². The van der Waals surface area contributed by atoms with Gasteiger partial charge in [0.15, 0.2) is 0 Å². The van der Waals surface area contributed by atoms with Crippen molar-refractivity contribution in [3.63, 3.8) is 0 Å². The molecule has 2 atom stereocenters. The fourth-order valence-electron chi connectivity index (χ4n) is 5.55. The van der Waals surface area contributed by atoms with Gasteiger partial charge in [-0.15, -0.1) is 10.2 Å². The van der Waals surface area contributed by atoms with Crippen LogP contribution in [-0.2, 0) is 16.0 Å². The molecule has 0 bridgehead atoms.